The van der Waals surface area contributed by atoms with E-state index in [0.717, 1.165) is 50.4 Å². The van der Waals surface area contributed by atoms with Crippen molar-refractivity contribution in [3.8, 4) is 0 Å². The molecule has 0 amide bonds. The molecular weight excluding hydrogens is 335 g/mol. The minimum absolute atomic E-state index is 0. The summed E-state index contributed by atoms with van der Waals surface area (Å²) in [6, 6.07) is 0. The van der Waals surface area contributed by atoms with Crippen LogP contribution in [0.1, 0.15) is 91.9 Å². The molecule has 0 aromatic carbocycles. The van der Waals surface area contributed by atoms with E-state index >= 15 is 0 Å². The second-order valence-electron chi connectivity index (χ2n) is 6.73. The summed E-state index contributed by atoms with van der Waals surface area (Å²) in [5, 5.41) is 20.0. The van der Waals surface area contributed by atoms with Crippen LogP contribution in [0, 0.1) is 11.8 Å². The van der Waals surface area contributed by atoms with Crippen molar-refractivity contribution in [1.29, 1.82) is 0 Å². The van der Waals surface area contributed by atoms with Crippen molar-refractivity contribution in [3.05, 3.63) is 0 Å². The summed E-state index contributed by atoms with van der Waals surface area (Å²) in [7, 11) is 0. The van der Waals surface area contributed by atoms with Gasteiger partial charge in [-0.1, -0.05) is 66.2 Å². The summed E-state index contributed by atoms with van der Waals surface area (Å²) in [5.74, 6) is -0.375. The summed E-state index contributed by atoms with van der Waals surface area (Å²) >= 11 is 0. The summed E-state index contributed by atoms with van der Waals surface area (Å²) in [6.45, 7) is 8.72. The number of carboxylic acids is 2. The number of hydrogen-bond donors (Lipinski definition) is 0. The van der Waals surface area contributed by atoms with E-state index in [0.29, 0.717) is 0 Å². The zero-order valence-electron chi connectivity index (χ0n) is 15.2. The summed E-state index contributed by atoms with van der Waals surface area (Å²) in [4.78, 5) is 20.0. The molecule has 0 aliphatic carbocycles. The van der Waals surface area contributed by atoms with Crippen LogP contribution >= 0.6 is 0 Å². The van der Waals surface area contributed by atoms with Crippen molar-refractivity contribution in [1.82, 2.24) is 0 Å². The van der Waals surface area contributed by atoms with E-state index in [9.17, 15) is 19.8 Å². The molecule has 0 bridgehead atoms. The van der Waals surface area contributed by atoms with Crippen molar-refractivity contribution in [2.75, 3.05) is 0 Å². The van der Waals surface area contributed by atoms with Gasteiger partial charge in [0.05, 0.1) is 0 Å². The average Bonchev–Trinajstić information content (AvgIpc) is 2.37. The molecule has 0 fully saturated rings. The van der Waals surface area contributed by atoms with Crippen LogP contribution in [-0.2, 0) is 26.7 Å². The quantitative estimate of drug-likeness (QED) is 0.391. The first-order valence-electron chi connectivity index (χ1n) is 8.65. The maximum absolute atomic E-state index is 9.99. The maximum atomic E-state index is 9.99. The Labute approximate surface area is 152 Å². The first kappa shape index (κ1) is 27.3. The number of unbranched alkanes of at least 4 members (excludes halogenated alkanes) is 4. The van der Waals surface area contributed by atoms with E-state index in [1.165, 1.54) is 12.8 Å². The first-order chi connectivity index (χ1) is 10.3. The molecule has 0 spiro atoms. The molecule has 5 heteroatoms. The predicted octanol–water partition coefficient (Wildman–Crippen LogP) is 2.68. The van der Waals surface area contributed by atoms with Gasteiger partial charge in [-0.05, 0) is 37.5 Å². The van der Waals surface area contributed by atoms with E-state index in [1.54, 1.807) is 0 Å². The molecule has 1 radical (unpaired) electrons. The third-order valence-electron chi connectivity index (χ3n) is 3.32. The first-order valence-corrected chi connectivity index (χ1v) is 8.65. The minimum Gasteiger partial charge on any atom is -0.550 e. The van der Waals surface area contributed by atoms with E-state index in [4.69, 9.17) is 0 Å². The normalized spacial score (nSPS) is 10.0. The molecule has 0 saturated carbocycles. The summed E-state index contributed by atoms with van der Waals surface area (Å²) < 4.78 is 0. The Balaban J connectivity index is -0.000000333. The Morgan fingerprint density at radius 3 is 1.17 bits per heavy atom. The van der Waals surface area contributed by atoms with Crippen LogP contribution < -0.4 is 10.2 Å². The van der Waals surface area contributed by atoms with Crippen LogP contribution in [0.25, 0.3) is 0 Å². The van der Waals surface area contributed by atoms with E-state index in [1.807, 2.05) is 0 Å². The third kappa shape index (κ3) is 34.0. The van der Waals surface area contributed by atoms with Crippen molar-refractivity contribution in [2.45, 2.75) is 91.9 Å². The number of carbonyl (C=O) groups is 2. The third-order valence-corrected chi connectivity index (χ3v) is 3.32. The molecule has 0 heterocycles. The number of rotatable bonds is 12. The molecule has 0 aliphatic rings. The topological polar surface area (TPSA) is 80.3 Å². The van der Waals surface area contributed by atoms with Gasteiger partial charge in [-0.3, -0.25) is 0 Å². The second-order valence-corrected chi connectivity index (χ2v) is 6.73. The number of carboxylic acid groups (broad SMARTS) is 2. The Bertz CT molecular complexity index is 250. The molecule has 0 aliphatic heterocycles. The van der Waals surface area contributed by atoms with Crippen LogP contribution in [0.5, 0.6) is 0 Å². The zero-order chi connectivity index (χ0) is 17.4. The number of aliphatic carboxylic acids is 2. The molecule has 23 heavy (non-hydrogen) atoms. The molecule has 137 valence electrons. The maximum Gasteiger partial charge on any atom is 2.00 e. The van der Waals surface area contributed by atoms with Gasteiger partial charge in [-0.15, -0.1) is 0 Å². The predicted molar refractivity (Wildman–Crippen MR) is 85.9 cm³/mol. The van der Waals surface area contributed by atoms with Crippen molar-refractivity contribution >= 4 is 11.9 Å². The molecule has 0 unspecified atom stereocenters. The molecule has 0 rings (SSSR count). The Morgan fingerprint density at radius 1 is 0.652 bits per heavy atom. The van der Waals surface area contributed by atoms with Gasteiger partial charge in [0.1, 0.15) is 0 Å². The van der Waals surface area contributed by atoms with E-state index in [-0.39, 0.29) is 29.9 Å². The fourth-order valence-corrected chi connectivity index (χ4v) is 2.00. The van der Waals surface area contributed by atoms with Gasteiger partial charge in [-0.25, -0.2) is 0 Å². The summed E-state index contributed by atoms with van der Waals surface area (Å²) in [6.07, 6.45) is 8.72. The van der Waals surface area contributed by atoms with Crippen LogP contribution in [0.3, 0.4) is 0 Å². The Hall–Kier alpha value is -0.541. The van der Waals surface area contributed by atoms with Gasteiger partial charge < -0.3 is 19.8 Å². The SMILES string of the molecule is CC(C)CCCCCC(=O)[O-].CC(C)CCCCCC(=O)[O-].[Mn+2]. The monoisotopic (exact) mass is 369 g/mol. The molecular formula is C18H34MnO4. The van der Waals surface area contributed by atoms with E-state index < -0.39 is 11.9 Å². The molecule has 0 aromatic heterocycles. The van der Waals surface area contributed by atoms with E-state index in [2.05, 4.69) is 27.7 Å². The second kappa shape index (κ2) is 19.5. The van der Waals surface area contributed by atoms with Gasteiger partial charge in [0, 0.05) is 11.9 Å². The molecule has 0 atom stereocenters. The standard InChI is InChI=1S/2C9H18O2.Mn/c2*1-8(2)6-4-3-5-7-9(10)11;/h2*8H,3-7H2,1-2H3,(H,10,11);/q;;+2/p-2. The minimum atomic E-state index is -0.922. The van der Waals surface area contributed by atoms with Crippen LogP contribution in [-0.4, -0.2) is 11.9 Å². The van der Waals surface area contributed by atoms with Crippen LogP contribution in [0.2, 0.25) is 0 Å². The number of hydrogen-bond acceptors (Lipinski definition) is 4. The van der Waals surface area contributed by atoms with Crippen molar-refractivity contribution in [2.24, 2.45) is 11.8 Å². The largest absolute Gasteiger partial charge is 2.00 e. The zero-order valence-corrected chi connectivity index (χ0v) is 16.4. The average molecular weight is 369 g/mol. The van der Waals surface area contributed by atoms with Gasteiger partial charge in [0.15, 0.2) is 0 Å². The smallest absolute Gasteiger partial charge is 0.550 e. The van der Waals surface area contributed by atoms with Gasteiger partial charge in [0.25, 0.3) is 0 Å². The van der Waals surface area contributed by atoms with Gasteiger partial charge in [0.2, 0.25) is 0 Å². The fraction of sp³-hybridized carbons (Fsp3) is 0.889. The van der Waals surface area contributed by atoms with Crippen molar-refractivity contribution in [3.63, 3.8) is 0 Å². The molecule has 0 aromatic rings. The fourth-order valence-electron chi connectivity index (χ4n) is 2.00. The summed E-state index contributed by atoms with van der Waals surface area (Å²) in [5.41, 5.74) is 0. The van der Waals surface area contributed by atoms with Crippen LogP contribution in [0.4, 0.5) is 0 Å². The Morgan fingerprint density at radius 2 is 0.957 bits per heavy atom. The van der Waals surface area contributed by atoms with Gasteiger partial charge >= 0.3 is 17.1 Å². The molecule has 4 nitrogen and oxygen atoms in total. The Kier molecular flexibility index (Phi) is 23.2. The number of carbonyl (C=O) groups excluding carboxylic acids is 2. The molecule has 0 N–H and O–H groups in total. The molecule has 0 saturated heterocycles. The van der Waals surface area contributed by atoms with Crippen LogP contribution in [0.15, 0.2) is 0 Å². The van der Waals surface area contributed by atoms with Gasteiger partial charge in [-0.2, -0.15) is 0 Å². The van der Waals surface area contributed by atoms with Crippen molar-refractivity contribution < 1.29 is 36.9 Å².